The highest BCUT2D eigenvalue weighted by atomic mass is 32.2. The van der Waals surface area contributed by atoms with E-state index in [1.54, 1.807) is 24.6 Å². The van der Waals surface area contributed by atoms with E-state index >= 15 is 0 Å². The fourth-order valence-corrected chi connectivity index (χ4v) is 4.43. The number of ether oxygens (including phenoxy) is 1. The van der Waals surface area contributed by atoms with Crippen molar-refractivity contribution in [1.82, 2.24) is 15.3 Å². The number of carbonyl (C=O) groups is 1. The lowest BCUT2D eigenvalue weighted by Gasteiger charge is -2.27. The third-order valence-corrected chi connectivity index (χ3v) is 6.57. The van der Waals surface area contributed by atoms with Gasteiger partial charge in [-0.2, -0.15) is 0 Å². The molecule has 3 unspecified atom stereocenters. The number of hydrogen-bond donors (Lipinski definition) is 2. The number of nitrogen functional groups attached to an aromatic ring is 1. The Morgan fingerprint density at radius 3 is 2.65 bits per heavy atom. The van der Waals surface area contributed by atoms with Crippen molar-refractivity contribution >= 4 is 22.9 Å². The van der Waals surface area contributed by atoms with Crippen LogP contribution in [0.3, 0.4) is 0 Å². The van der Waals surface area contributed by atoms with Crippen LogP contribution >= 0.6 is 0 Å². The molecule has 7 nitrogen and oxygen atoms in total. The van der Waals surface area contributed by atoms with Crippen LogP contribution in [0.25, 0.3) is 11.3 Å². The lowest BCUT2D eigenvalue weighted by atomic mass is 9.93. The van der Waals surface area contributed by atoms with Gasteiger partial charge < -0.3 is 15.8 Å². The van der Waals surface area contributed by atoms with Gasteiger partial charge in [0.15, 0.2) is 0 Å². The second kappa shape index (κ2) is 12.5. The van der Waals surface area contributed by atoms with Crippen molar-refractivity contribution < 1.29 is 13.7 Å². The highest BCUT2D eigenvalue weighted by Gasteiger charge is 2.23. The quantitative estimate of drug-likeness (QED) is 0.514. The maximum Gasteiger partial charge on any atom is 0.150 e. The smallest absolute Gasteiger partial charge is 0.150 e. The summed E-state index contributed by atoms with van der Waals surface area (Å²) in [6.07, 6.45) is 6.42. The molecule has 0 spiro atoms. The lowest BCUT2D eigenvalue weighted by Crippen LogP contribution is -2.22. The number of anilines is 1. The van der Waals surface area contributed by atoms with Crippen LogP contribution in [0.1, 0.15) is 47.3 Å². The predicted octanol–water partition coefficient (Wildman–Crippen LogP) is 3.96. The molecule has 4 rings (SSSR count). The molecular formula is C26H32N4O3S. The summed E-state index contributed by atoms with van der Waals surface area (Å²) in [7, 11) is 1.03. The average molecular weight is 481 g/mol. The summed E-state index contributed by atoms with van der Waals surface area (Å²) in [5.41, 5.74) is 10.3. The van der Waals surface area contributed by atoms with Gasteiger partial charge >= 0.3 is 0 Å². The maximum absolute atomic E-state index is 11.1. The first kappa shape index (κ1) is 25.7. The van der Waals surface area contributed by atoms with E-state index in [0.29, 0.717) is 23.0 Å². The summed E-state index contributed by atoms with van der Waals surface area (Å²) in [4.78, 5) is 20.7. The number of aldehydes is 1. The molecule has 34 heavy (non-hydrogen) atoms. The fourth-order valence-electron chi connectivity index (χ4n) is 3.85. The minimum absolute atomic E-state index is 0.244. The van der Waals surface area contributed by atoms with Crippen LogP contribution in [0.4, 0.5) is 5.82 Å². The van der Waals surface area contributed by atoms with Crippen molar-refractivity contribution in [2.45, 2.75) is 43.2 Å². The Morgan fingerprint density at radius 1 is 1.24 bits per heavy atom. The van der Waals surface area contributed by atoms with Crippen LogP contribution in [0.15, 0.2) is 59.6 Å². The summed E-state index contributed by atoms with van der Waals surface area (Å²) in [5.74, 6) is 0.757. The average Bonchev–Trinajstić information content (AvgIpc) is 2.85. The summed E-state index contributed by atoms with van der Waals surface area (Å²) in [5, 5.41) is 3.05. The Hall–Kier alpha value is -2.94. The number of nitrogens with one attached hydrogen (secondary N) is 1. The molecule has 1 aliphatic rings. The third-order valence-electron chi connectivity index (χ3n) is 5.65. The molecule has 0 bridgehead atoms. The number of hydrogen-bond acceptors (Lipinski definition) is 7. The molecule has 1 aliphatic heterocycles. The number of aromatic nitrogens is 2. The molecule has 1 saturated heterocycles. The SMILES string of the molecule is CC1CC(c2cnc(N)c(-c3ccc(C=O)cc3)n2)CCO1.CNCc1cccc(S(C)=O)c1. The Labute approximate surface area is 203 Å². The minimum atomic E-state index is -0.871. The van der Waals surface area contributed by atoms with Crippen LogP contribution in [-0.2, 0) is 22.1 Å². The summed E-state index contributed by atoms with van der Waals surface area (Å²) >= 11 is 0. The van der Waals surface area contributed by atoms with E-state index in [9.17, 15) is 9.00 Å². The zero-order valence-electron chi connectivity index (χ0n) is 19.9. The highest BCUT2D eigenvalue weighted by molar-refractivity contribution is 7.84. The van der Waals surface area contributed by atoms with Crippen molar-refractivity contribution in [2.24, 2.45) is 0 Å². The molecule has 1 fully saturated rings. The van der Waals surface area contributed by atoms with E-state index in [1.807, 2.05) is 43.4 Å². The van der Waals surface area contributed by atoms with Crippen molar-refractivity contribution in [1.29, 1.82) is 0 Å². The number of benzene rings is 2. The third kappa shape index (κ3) is 7.03. The number of rotatable bonds is 6. The first-order valence-corrected chi connectivity index (χ1v) is 12.8. The molecule has 3 N–H and O–H groups in total. The van der Waals surface area contributed by atoms with Gasteiger partial charge in [0.1, 0.15) is 17.8 Å². The van der Waals surface area contributed by atoms with Gasteiger partial charge in [0.05, 0.1) is 18.0 Å². The maximum atomic E-state index is 11.1. The molecule has 0 saturated carbocycles. The standard InChI is InChI=1S/C17H19N3O2.C9H13NOS/c1-11-8-14(6-7-22-11)15-9-19-17(18)16(20-15)13-4-2-12(10-21)3-5-13;1-10-7-8-4-3-5-9(6-8)12(2)11/h2-5,9-11,14H,6-8H2,1H3,(H2,18,19);3-6,10H,7H2,1-2H3. The van der Waals surface area contributed by atoms with E-state index in [0.717, 1.165) is 48.4 Å². The van der Waals surface area contributed by atoms with Crippen LogP contribution < -0.4 is 11.1 Å². The lowest BCUT2D eigenvalue weighted by molar-refractivity contribution is 0.0179. The normalized spacial score (nSPS) is 18.4. The highest BCUT2D eigenvalue weighted by Crippen LogP contribution is 2.31. The summed E-state index contributed by atoms with van der Waals surface area (Å²) in [6.45, 7) is 3.66. The van der Waals surface area contributed by atoms with Gasteiger partial charge in [0.2, 0.25) is 0 Å². The molecule has 0 amide bonds. The number of nitrogens with zero attached hydrogens (tertiary/aromatic N) is 2. The number of carbonyl (C=O) groups excluding carboxylic acids is 1. The second-order valence-electron chi connectivity index (χ2n) is 8.30. The first-order chi connectivity index (χ1) is 16.4. The minimum Gasteiger partial charge on any atom is -0.382 e. The van der Waals surface area contributed by atoms with Gasteiger partial charge in [-0.3, -0.25) is 9.00 Å². The van der Waals surface area contributed by atoms with Gasteiger partial charge in [-0.25, -0.2) is 9.97 Å². The molecule has 0 radical (unpaired) electrons. The van der Waals surface area contributed by atoms with E-state index in [-0.39, 0.29) is 6.10 Å². The Kier molecular flexibility index (Phi) is 9.44. The first-order valence-electron chi connectivity index (χ1n) is 11.3. The Balaban J connectivity index is 0.000000229. The molecule has 8 heteroatoms. The van der Waals surface area contributed by atoms with Crippen molar-refractivity contribution in [2.75, 3.05) is 25.6 Å². The Bertz CT molecular complexity index is 1120. The topological polar surface area (TPSA) is 107 Å². The molecule has 3 atom stereocenters. The van der Waals surface area contributed by atoms with E-state index in [2.05, 4.69) is 17.2 Å². The van der Waals surface area contributed by atoms with Crippen LogP contribution in [0.2, 0.25) is 0 Å². The van der Waals surface area contributed by atoms with E-state index in [1.165, 1.54) is 5.56 Å². The van der Waals surface area contributed by atoms with E-state index < -0.39 is 10.8 Å². The van der Waals surface area contributed by atoms with Gasteiger partial charge in [0, 0.05) is 52.1 Å². The fraction of sp³-hybridized carbons (Fsp3) is 0.346. The number of nitrogens with two attached hydrogens (primary N) is 1. The van der Waals surface area contributed by atoms with Crippen LogP contribution in [0.5, 0.6) is 0 Å². The largest absolute Gasteiger partial charge is 0.382 e. The van der Waals surface area contributed by atoms with Crippen LogP contribution in [-0.4, -0.2) is 46.5 Å². The van der Waals surface area contributed by atoms with Crippen LogP contribution in [0, 0.1) is 0 Å². The second-order valence-corrected chi connectivity index (χ2v) is 9.68. The van der Waals surface area contributed by atoms with E-state index in [4.69, 9.17) is 15.5 Å². The van der Waals surface area contributed by atoms with Gasteiger partial charge in [-0.05, 0) is 44.5 Å². The molecule has 3 aromatic rings. The molecule has 0 aliphatic carbocycles. The summed E-state index contributed by atoms with van der Waals surface area (Å²) < 4.78 is 16.7. The molecule has 1 aromatic heterocycles. The van der Waals surface area contributed by atoms with Crippen molar-refractivity contribution in [3.63, 3.8) is 0 Å². The molecule has 2 aromatic carbocycles. The van der Waals surface area contributed by atoms with Gasteiger partial charge in [-0.15, -0.1) is 0 Å². The molecule has 2 heterocycles. The summed E-state index contributed by atoms with van der Waals surface area (Å²) in [6, 6.07) is 15.0. The van der Waals surface area contributed by atoms with Gasteiger partial charge in [-0.1, -0.05) is 36.4 Å². The predicted molar refractivity (Wildman–Crippen MR) is 136 cm³/mol. The zero-order valence-corrected chi connectivity index (χ0v) is 20.7. The monoisotopic (exact) mass is 480 g/mol. The zero-order chi connectivity index (χ0) is 24.5. The van der Waals surface area contributed by atoms with Crippen molar-refractivity contribution in [3.05, 3.63) is 71.5 Å². The van der Waals surface area contributed by atoms with Gasteiger partial charge in [0.25, 0.3) is 0 Å². The van der Waals surface area contributed by atoms with Crippen molar-refractivity contribution in [3.8, 4) is 11.3 Å². The molecule has 180 valence electrons. The molecular weight excluding hydrogens is 448 g/mol. The Morgan fingerprint density at radius 2 is 2.00 bits per heavy atom.